The van der Waals surface area contributed by atoms with Gasteiger partial charge < -0.3 is 14.6 Å². The molecule has 4 heteroatoms. The molecule has 0 bridgehead atoms. The van der Waals surface area contributed by atoms with Crippen LogP contribution in [0, 0.1) is 5.92 Å². The Morgan fingerprint density at radius 1 is 0.739 bits per heavy atom. The molecule has 0 spiro atoms. The van der Waals surface area contributed by atoms with Gasteiger partial charge in [-0.2, -0.15) is 0 Å². The number of carbonyl (C=O) groups excluding carboxylic acids is 1. The third kappa shape index (κ3) is 10.4. The van der Waals surface area contributed by atoms with Gasteiger partial charge in [-0.25, -0.2) is 0 Å². The maximum absolute atomic E-state index is 12.5. The zero-order chi connectivity index (χ0) is 33.3. The van der Waals surface area contributed by atoms with Crippen LogP contribution in [0.5, 0.6) is 11.5 Å². The summed E-state index contributed by atoms with van der Waals surface area (Å²) in [6.07, 6.45) is 10.2. The fraction of sp³-hybridized carbons (Fsp3) is 0.548. The van der Waals surface area contributed by atoms with Crippen molar-refractivity contribution < 1.29 is 19.4 Å². The molecule has 4 rings (SSSR count). The van der Waals surface area contributed by atoms with Crippen molar-refractivity contribution in [2.75, 3.05) is 13.2 Å². The van der Waals surface area contributed by atoms with E-state index in [9.17, 15) is 9.90 Å². The number of rotatable bonds is 13. The summed E-state index contributed by atoms with van der Waals surface area (Å²) in [6.45, 7) is 16.1. The number of hydrogen-bond acceptors (Lipinski definition) is 4. The van der Waals surface area contributed by atoms with Gasteiger partial charge in [0.15, 0.2) is 0 Å². The lowest BCUT2D eigenvalue weighted by atomic mass is 9.78. The second-order valence-corrected chi connectivity index (χ2v) is 15.6. The molecule has 1 N–H and O–H groups in total. The quantitative estimate of drug-likeness (QED) is 0.151. The van der Waals surface area contributed by atoms with Crippen LogP contribution in [-0.2, 0) is 26.8 Å². The monoisotopic (exact) mass is 626 g/mol. The van der Waals surface area contributed by atoms with Crippen LogP contribution in [-0.4, -0.2) is 24.3 Å². The number of phenolic OH excluding ortho intramolecular Hbond substituents is 1. The Hall–Kier alpha value is -3.27. The van der Waals surface area contributed by atoms with Crippen molar-refractivity contribution in [2.24, 2.45) is 5.92 Å². The van der Waals surface area contributed by atoms with Crippen LogP contribution < -0.4 is 4.74 Å². The van der Waals surface area contributed by atoms with Crippen molar-refractivity contribution in [3.8, 4) is 22.6 Å². The van der Waals surface area contributed by atoms with Crippen LogP contribution in [0.4, 0.5) is 0 Å². The van der Waals surface area contributed by atoms with E-state index in [1.165, 1.54) is 42.4 Å². The summed E-state index contributed by atoms with van der Waals surface area (Å²) in [4.78, 5) is 12.5. The van der Waals surface area contributed by atoms with E-state index >= 15 is 0 Å². The van der Waals surface area contributed by atoms with Gasteiger partial charge in [0, 0.05) is 6.42 Å². The third-order valence-electron chi connectivity index (χ3n) is 9.56. The summed E-state index contributed by atoms with van der Waals surface area (Å²) < 4.78 is 11.5. The van der Waals surface area contributed by atoms with Gasteiger partial charge in [0.05, 0.1) is 13.2 Å². The van der Waals surface area contributed by atoms with E-state index in [4.69, 9.17) is 9.47 Å². The number of hydrogen-bond donors (Lipinski definition) is 1. The van der Waals surface area contributed by atoms with Crippen molar-refractivity contribution in [1.29, 1.82) is 0 Å². The first-order chi connectivity index (χ1) is 21.8. The largest absolute Gasteiger partial charge is 0.507 e. The number of ether oxygens (including phenoxy) is 2. The van der Waals surface area contributed by atoms with Gasteiger partial charge in [-0.15, -0.1) is 0 Å². The van der Waals surface area contributed by atoms with E-state index in [-0.39, 0.29) is 16.8 Å². The number of benzene rings is 3. The number of unbranched alkanes of at least 4 members (excludes halogenated alkanes) is 3. The van der Waals surface area contributed by atoms with E-state index in [0.29, 0.717) is 31.8 Å². The molecule has 3 aromatic carbocycles. The molecule has 3 aromatic rings. The van der Waals surface area contributed by atoms with E-state index in [2.05, 4.69) is 97.0 Å². The van der Waals surface area contributed by atoms with E-state index in [1.54, 1.807) is 0 Å². The third-order valence-corrected chi connectivity index (χ3v) is 9.56. The molecule has 0 aliphatic heterocycles. The SMILES string of the molecule is CC1CCC(c2ccc(-c3ccc(OCCCCCCOC(=O)CCc4cc(C(C)(C)C)c(O)c(C(C)(C)C)c4)cc3)cc2)CC1. The molecule has 0 amide bonds. The predicted octanol–water partition coefficient (Wildman–Crippen LogP) is 11.1. The predicted molar refractivity (Wildman–Crippen MR) is 191 cm³/mol. The Morgan fingerprint density at radius 3 is 1.80 bits per heavy atom. The first-order valence-corrected chi connectivity index (χ1v) is 17.7. The molecule has 46 heavy (non-hydrogen) atoms. The second kappa shape index (κ2) is 16.0. The van der Waals surface area contributed by atoms with Gasteiger partial charge in [0.25, 0.3) is 0 Å². The van der Waals surface area contributed by atoms with Crippen LogP contribution in [0.1, 0.15) is 134 Å². The minimum atomic E-state index is -0.184. The Labute approximate surface area is 278 Å². The van der Waals surface area contributed by atoms with Crippen molar-refractivity contribution in [2.45, 2.75) is 129 Å². The Bertz CT molecular complexity index is 1350. The minimum absolute atomic E-state index is 0.163. The molecule has 0 atom stereocenters. The molecule has 4 nitrogen and oxygen atoms in total. The molecule has 0 aromatic heterocycles. The highest BCUT2D eigenvalue weighted by molar-refractivity contribution is 5.70. The second-order valence-electron chi connectivity index (χ2n) is 15.6. The lowest BCUT2D eigenvalue weighted by Gasteiger charge is -2.28. The number of carbonyl (C=O) groups is 1. The average molecular weight is 627 g/mol. The standard InChI is InChI=1S/C42H58O4/c1-30-12-15-32(16-13-30)33-17-19-34(20-18-33)35-21-23-36(24-22-35)45-26-10-8-9-11-27-46-39(43)25-14-31-28-37(41(2,3)4)40(44)38(29-31)42(5,6)7/h17-24,28-30,32,44H,8-16,25-27H2,1-7H3. The molecule has 250 valence electrons. The Morgan fingerprint density at radius 2 is 1.26 bits per heavy atom. The van der Waals surface area contributed by atoms with Crippen molar-refractivity contribution in [3.63, 3.8) is 0 Å². The summed E-state index contributed by atoms with van der Waals surface area (Å²) in [6, 6.07) is 21.7. The Balaban J connectivity index is 1.10. The van der Waals surface area contributed by atoms with Crippen LogP contribution in [0.3, 0.4) is 0 Å². The summed E-state index contributed by atoms with van der Waals surface area (Å²) in [5.74, 6) is 2.72. The molecule has 0 heterocycles. The highest BCUT2D eigenvalue weighted by Gasteiger charge is 2.26. The van der Waals surface area contributed by atoms with Crippen LogP contribution in [0.2, 0.25) is 0 Å². The zero-order valence-electron chi connectivity index (χ0n) is 29.6. The highest BCUT2D eigenvalue weighted by atomic mass is 16.5. The number of aromatic hydroxyl groups is 1. The molecule has 1 fully saturated rings. The lowest BCUT2D eigenvalue weighted by molar-refractivity contribution is -0.143. The molecule has 0 unspecified atom stereocenters. The summed E-state index contributed by atoms with van der Waals surface area (Å²) >= 11 is 0. The van der Waals surface area contributed by atoms with Gasteiger partial charge in [0.1, 0.15) is 11.5 Å². The minimum Gasteiger partial charge on any atom is -0.507 e. The van der Waals surface area contributed by atoms with Crippen molar-refractivity contribution >= 4 is 5.97 Å². The maximum atomic E-state index is 12.5. The molecule has 0 saturated heterocycles. The van der Waals surface area contributed by atoms with Gasteiger partial charge in [-0.3, -0.25) is 4.79 Å². The Kier molecular flexibility index (Phi) is 12.4. The first kappa shape index (κ1) is 35.6. The van der Waals surface area contributed by atoms with Crippen molar-refractivity contribution in [1.82, 2.24) is 0 Å². The topological polar surface area (TPSA) is 55.8 Å². The summed E-state index contributed by atoms with van der Waals surface area (Å²) in [5.41, 5.74) is 6.51. The van der Waals surface area contributed by atoms with Gasteiger partial charge in [-0.1, -0.05) is 110 Å². The number of esters is 1. The van der Waals surface area contributed by atoms with E-state index < -0.39 is 0 Å². The van der Waals surface area contributed by atoms with Crippen LogP contribution >= 0.6 is 0 Å². The highest BCUT2D eigenvalue weighted by Crippen LogP contribution is 2.40. The number of aryl methyl sites for hydroxylation is 1. The van der Waals surface area contributed by atoms with E-state index in [0.717, 1.165) is 60.0 Å². The normalized spacial score (nSPS) is 17.1. The smallest absolute Gasteiger partial charge is 0.306 e. The summed E-state index contributed by atoms with van der Waals surface area (Å²) in [7, 11) is 0. The summed E-state index contributed by atoms with van der Waals surface area (Å²) in [5, 5.41) is 10.9. The molecular weight excluding hydrogens is 568 g/mol. The first-order valence-electron chi connectivity index (χ1n) is 17.7. The lowest BCUT2D eigenvalue weighted by Crippen LogP contribution is -2.18. The van der Waals surface area contributed by atoms with Crippen LogP contribution in [0.15, 0.2) is 60.7 Å². The van der Waals surface area contributed by atoms with Crippen LogP contribution in [0.25, 0.3) is 11.1 Å². The van der Waals surface area contributed by atoms with E-state index in [1.807, 2.05) is 12.1 Å². The molecule has 1 aliphatic carbocycles. The molecular formula is C42H58O4. The average Bonchev–Trinajstić information content (AvgIpc) is 3.01. The molecule has 1 aliphatic rings. The fourth-order valence-corrected chi connectivity index (χ4v) is 6.52. The van der Waals surface area contributed by atoms with Gasteiger partial charge in [0.2, 0.25) is 0 Å². The van der Waals surface area contributed by atoms with Crippen molar-refractivity contribution in [3.05, 3.63) is 82.9 Å². The maximum Gasteiger partial charge on any atom is 0.306 e. The zero-order valence-corrected chi connectivity index (χ0v) is 29.6. The number of phenols is 1. The molecule has 1 saturated carbocycles. The fourth-order valence-electron chi connectivity index (χ4n) is 6.52. The van der Waals surface area contributed by atoms with Gasteiger partial charge in [-0.05, 0) is 113 Å². The molecule has 0 radical (unpaired) electrons. The van der Waals surface area contributed by atoms with Gasteiger partial charge >= 0.3 is 5.97 Å².